The number of aromatic nitrogens is 1. The second kappa shape index (κ2) is 8.30. The number of halogens is 2. The summed E-state index contributed by atoms with van der Waals surface area (Å²) in [6.45, 7) is 6.53. The van der Waals surface area contributed by atoms with Gasteiger partial charge in [0.1, 0.15) is 17.3 Å². The third-order valence-electron chi connectivity index (χ3n) is 5.69. The highest BCUT2D eigenvalue weighted by Gasteiger charge is 2.27. The molecule has 4 rings (SSSR count). The largest absolute Gasteiger partial charge is 0.366 e. The highest BCUT2D eigenvalue weighted by Crippen LogP contribution is 2.23. The van der Waals surface area contributed by atoms with Crippen LogP contribution in [0.25, 0.3) is 0 Å². The van der Waals surface area contributed by atoms with E-state index in [2.05, 4.69) is 0 Å². The number of anilines is 1. The predicted octanol–water partition coefficient (Wildman–Crippen LogP) is 4.39. The van der Waals surface area contributed by atoms with Crippen molar-refractivity contribution in [3.05, 3.63) is 88.7 Å². The van der Waals surface area contributed by atoms with E-state index in [9.17, 15) is 13.6 Å². The van der Waals surface area contributed by atoms with Gasteiger partial charge in [-0.3, -0.25) is 4.79 Å². The lowest BCUT2D eigenvalue weighted by Gasteiger charge is -2.36. The van der Waals surface area contributed by atoms with Crippen LogP contribution < -0.4 is 4.90 Å². The fourth-order valence-corrected chi connectivity index (χ4v) is 4.16. The van der Waals surface area contributed by atoms with Crippen molar-refractivity contribution in [2.45, 2.75) is 20.4 Å². The number of carbonyl (C=O) groups excluding carboxylic acids is 1. The Balaban J connectivity index is 1.52. The molecule has 1 saturated heterocycles. The lowest BCUT2D eigenvalue weighted by atomic mass is 10.2. The second-order valence-corrected chi connectivity index (χ2v) is 7.76. The number of para-hydroxylation sites is 1. The standard InChI is InChI=1S/C24H25F2N3O/c1-17-14-18(2)29(16-19-6-5-7-20(25)15-19)23(17)24(30)28-12-10-27(11-13-28)22-9-4-3-8-21(22)26/h3-9,14-15H,10-13,16H2,1-2H3. The minimum Gasteiger partial charge on any atom is -0.366 e. The van der Waals surface area contributed by atoms with Gasteiger partial charge in [0.2, 0.25) is 0 Å². The summed E-state index contributed by atoms with van der Waals surface area (Å²) in [6, 6.07) is 15.2. The molecule has 156 valence electrons. The van der Waals surface area contributed by atoms with E-state index in [1.165, 1.54) is 18.2 Å². The smallest absolute Gasteiger partial charge is 0.270 e. The number of benzene rings is 2. The number of piperazine rings is 1. The van der Waals surface area contributed by atoms with Crippen molar-refractivity contribution < 1.29 is 13.6 Å². The van der Waals surface area contributed by atoms with Gasteiger partial charge in [0.05, 0.1) is 5.69 Å². The maximum absolute atomic E-state index is 14.1. The maximum Gasteiger partial charge on any atom is 0.270 e. The van der Waals surface area contributed by atoms with E-state index in [0.717, 1.165) is 16.8 Å². The molecule has 1 amide bonds. The van der Waals surface area contributed by atoms with Gasteiger partial charge in [-0.15, -0.1) is 0 Å². The van der Waals surface area contributed by atoms with Gasteiger partial charge in [0.15, 0.2) is 0 Å². The molecule has 30 heavy (non-hydrogen) atoms. The normalized spacial score (nSPS) is 14.3. The molecule has 4 nitrogen and oxygen atoms in total. The summed E-state index contributed by atoms with van der Waals surface area (Å²) >= 11 is 0. The van der Waals surface area contributed by atoms with Crippen molar-refractivity contribution in [1.82, 2.24) is 9.47 Å². The van der Waals surface area contributed by atoms with Crippen molar-refractivity contribution in [1.29, 1.82) is 0 Å². The van der Waals surface area contributed by atoms with Crippen LogP contribution in [-0.2, 0) is 6.54 Å². The third-order valence-corrected chi connectivity index (χ3v) is 5.69. The first-order chi connectivity index (χ1) is 14.4. The molecule has 0 N–H and O–H groups in total. The average Bonchev–Trinajstić information content (AvgIpc) is 3.01. The van der Waals surface area contributed by atoms with Crippen molar-refractivity contribution in [3.63, 3.8) is 0 Å². The highest BCUT2D eigenvalue weighted by atomic mass is 19.1. The first-order valence-electron chi connectivity index (χ1n) is 10.1. The van der Waals surface area contributed by atoms with Crippen LogP contribution in [0.5, 0.6) is 0 Å². The van der Waals surface area contributed by atoms with Crippen LogP contribution in [0.4, 0.5) is 14.5 Å². The number of rotatable bonds is 4. The first kappa shape index (κ1) is 20.1. The van der Waals surface area contributed by atoms with E-state index in [4.69, 9.17) is 0 Å². The van der Waals surface area contributed by atoms with Crippen LogP contribution in [-0.4, -0.2) is 41.6 Å². The summed E-state index contributed by atoms with van der Waals surface area (Å²) in [5.74, 6) is -0.566. The van der Waals surface area contributed by atoms with E-state index in [1.807, 2.05) is 46.4 Å². The molecule has 6 heteroatoms. The monoisotopic (exact) mass is 409 g/mol. The number of carbonyl (C=O) groups is 1. The molecule has 0 saturated carbocycles. The number of aryl methyl sites for hydroxylation is 2. The molecule has 2 aromatic carbocycles. The van der Waals surface area contributed by atoms with Crippen LogP contribution in [0, 0.1) is 25.5 Å². The lowest BCUT2D eigenvalue weighted by molar-refractivity contribution is 0.0735. The Morgan fingerprint density at radius 2 is 1.67 bits per heavy atom. The van der Waals surface area contributed by atoms with Crippen molar-refractivity contribution in [3.8, 4) is 0 Å². The third kappa shape index (κ3) is 3.95. The molecule has 2 heterocycles. The number of hydrogen-bond acceptors (Lipinski definition) is 2. The Bertz CT molecular complexity index is 1070. The van der Waals surface area contributed by atoms with Gasteiger partial charge in [-0.1, -0.05) is 24.3 Å². The van der Waals surface area contributed by atoms with Gasteiger partial charge in [0.25, 0.3) is 5.91 Å². The summed E-state index contributed by atoms with van der Waals surface area (Å²) in [6.07, 6.45) is 0. The Morgan fingerprint density at radius 3 is 2.37 bits per heavy atom. The zero-order valence-corrected chi connectivity index (χ0v) is 17.2. The molecule has 0 spiro atoms. The van der Waals surface area contributed by atoms with E-state index in [-0.39, 0.29) is 17.5 Å². The SMILES string of the molecule is Cc1cc(C)n(Cc2cccc(F)c2)c1C(=O)N1CCN(c2ccccc2F)CC1. The molecule has 1 aliphatic heterocycles. The molecule has 0 atom stereocenters. The lowest BCUT2D eigenvalue weighted by Crippen LogP contribution is -2.49. The van der Waals surface area contributed by atoms with Crippen LogP contribution in [0.3, 0.4) is 0 Å². The molecular formula is C24H25F2N3O. The summed E-state index contributed by atoms with van der Waals surface area (Å²) < 4.78 is 29.7. The predicted molar refractivity (Wildman–Crippen MR) is 114 cm³/mol. The fourth-order valence-electron chi connectivity index (χ4n) is 4.16. The van der Waals surface area contributed by atoms with Crippen LogP contribution in [0.2, 0.25) is 0 Å². The van der Waals surface area contributed by atoms with Gasteiger partial charge < -0.3 is 14.4 Å². The van der Waals surface area contributed by atoms with Crippen molar-refractivity contribution in [2.75, 3.05) is 31.1 Å². The molecule has 1 aromatic heterocycles. The summed E-state index contributed by atoms with van der Waals surface area (Å²) in [4.78, 5) is 17.2. The minimum absolute atomic E-state index is 0.0369. The summed E-state index contributed by atoms with van der Waals surface area (Å²) in [5, 5.41) is 0. The maximum atomic E-state index is 14.1. The minimum atomic E-state index is -0.286. The zero-order chi connectivity index (χ0) is 21.3. The molecule has 0 radical (unpaired) electrons. The Kier molecular flexibility index (Phi) is 5.57. The quantitative estimate of drug-likeness (QED) is 0.639. The molecule has 3 aromatic rings. The Hall–Kier alpha value is -3.15. The van der Waals surface area contributed by atoms with E-state index < -0.39 is 0 Å². The van der Waals surface area contributed by atoms with Crippen LogP contribution >= 0.6 is 0 Å². The van der Waals surface area contributed by atoms with Crippen LogP contribution in [0.1, 0.15) is 27.3 Å². The molecule has 0 aliphatic carbocycles. The fraction of sp³-hybridized carbons (Fsp3) is 0.292. The van der Waals surface area contributed by atoms with Gasteiger partial charge in [-0.25, -0.2) is 8.78 Å². The first-order valence-corrected chi connectivity index (χ1v) is 10.1. The van der Waals surface area contributed by atoms with Crippen LogP contribution in [0.15, 0.2) is 54.6 Å². The van der Waals surface area contributed by atoms with Crippen molar-refractivity contribution >= 4 is 11.6 Å². The van der Waals surface area contributed by atoms with E-state index in [0.29, 0.717) is 44.1 Å². The number of hydrogen-bond donors (Lipinski definition) is 0. The van der Waals surface area contributed by atoms with Gasteiger partial charge >= 0.3 is 0 Å². The second-order valence-electron chi connectivity index (χ2n) is 7.76. The van der Waals surface area contributed by atoms with Gasteiger partial charge in [0, 0.05) is 38.4 Å². The van der Waals surface area contributed by atoms with Crippen molar-refractivity contribution in [2.24, 2.45) is 0 Å². The topological polar surface area (TPSA) is 28.5 Å². The summed E-state index contributed by atoms with van der Waals surface area (Å²) in [7, 11) is 0. The molecule has 0 unspecified atom stereocenters. The van der Waals surface area contributed by atoms with Gasteiger partial charge in [-0.05, 0) is 55.3 Å². The van der Waals surface area contributed by atoms with E-state index in [1.54, 1.807) is 18.2 Å². The average molecular weight is 409 g/mol. The van der Waals surface area contributed by atoms with Gasteiger partial charge in [-0.2, -0.15) is 0 Å². The molecular weight excluding hydrogens is 384 g/mol. The number of nitrogens with zero attached hydrogens (tertiary/aromatic N) is 3. The summed E-state index contributed by atoms with van der Waals surface area (Å²) in [5.41, 5.74) is 3.89. The Labute approximate surface area is 175 Å². The highest BCUT2D eigenvalue weighted by molar-refractivity contribution is 5.94. The van der Waals surface area contributed by atoms with E-state index >= 15 is 0 Å². The molecule has 1 fully saturated rings. The molecule has 0 bridgehead atoms. The molecule has 1 aliphatic rings. The number of amides is 1. The Morgan fingerprint density at radius 1 is 0.933 bits per heavy atom. The zero-order valence-electron chi connectivity index (χ0n) is 17.2.